The Morgan fingerprint density at radius 3 is 2.60 bits per heavy atom. The lowest BCUT2D eigenvalue weighted by molar-refractivity contribution is -0.140. The molecule has 0 spiro atoms. The minimum Gasteiger partial charge on any atom is -0.465 e. The highest BCUT2D eigenvalue weighted by atomic mass is 16.5. The Balaban J connectivity index is 1.73. The van der Waals surface area contributed by atoms with Crippen LogP contribution in [0.5, 0.6) is 0 Å². The topological polar surface area (TPSA) is 98.4 Å². The number of Topliss-reactive ketones (excluding diaryl/α,β-unsaturated/α-hetero) is 1. The lowest BCUT2D eigenvalue weighted by Gasteiger charge is -2.10. The van der Waals surface area contributed by atoms with Crippen molar-refractivity contribution in [3.05, 3.63) is 70.7 Å². The molecule has 7 nitrogen and oxygen atoms in total. The number of nitrogens with one attached hydrogen (secondary N) is 1. The second-order valence-corrected chi connectivity index (χ2v) is 6.82. The molecule has 0 amide bonds. The van der Waals surface area contributed by atoms with E-state index in [9.17, 15) is 14.4 Å². The summed E-state index contributed by atoms with van der Waals surface area (Å²) < 4.78 is 10.0. The van der Waals surface area contributed by atoms with Crippen LogP contribution >= 0.6 is 0 Å². The van der Waals surface area contributed by atoms with Crippen molar-refractivity contribution < 1.29 is 23.9 Å². The van der Waals surface area contributed by atoms with E-state index in [1.807, 2.05) is 30.3 Å². The Hall–Kier alpha value is -3.74. The predicted octanol–water partition coefficient (Wildman–Crippen LogP) is 3.79. The Bertz CT molecular complexity index is 1150. The molecule has 0 radical (unpaired) electrons. The zero-order chi connectivity index (χ0) is 21.8. The molecule has 0 fully saturated rings. The number of aromatic amines is 1. The highest BCUT2D eigenvalue weighted by Gasteiger charge is 2.27. The predicted molar refractivity (Wildman–Crippen MR) is 112 cm³/mol. The van der Waals surface area contributed by atoms with Crippen LogP contribution in [-0.2, 0) is 14.3 Å². The van der Waals surface area contributed by atoms with Crippen molar-refractivity contribution in [3.8, 4) is 0 Å². The fourth-order valence-corrected chi connectivity index (χ4v) is 3.30. The molecule has 1 atom stereocenters. The van der Waals surface area contributed by atoms with Crippen LogP contribution in [0.2, 0.25) is 0 Å². The van der Waals surface area contributed by atoms with Gasteiger partial charge in [0.25, 0.3) is 0 Å². The van der Waals surface area contributed by atoms with Gasteiger partial charge in [-0.25, -0.2) is 9.59 Å². The van der Waals surface area contributed by atoms with Crippen LogP contribution in [0.4, 0.5) is 0 Å². The molecule has 154 valence electrons. The third kappa shape index (κ3) is 4.15. The number of rotatable bonds is 6. The monoisotopic (exact) mass is 406 g/mol. The van der Waals surface area contributed by atoms with E-state index in [0.29, 0.717) is 16.8 Å². The number of nitrogens with zero attached hydrogens (tertiary/aromatic N) is 1. The van der Waals surface area contributed by atoms with Gasteiger partial charge in [-0.2, -0.15) is 0 Å². The summed E-state index contributed by atoms with van der Waals surface area (Å²) in [6.45, 7) is 4.81. The van der Waals surface area contributed by atoms with Crippen LogP contribution in [0.3, 0.4) is 0 Å². The Morgan fingerprint density at radius 1 is 1.13 bits per heavy atom. The van der Waals surface area contributed by atoms with Gasteiger partial charge in [0, 0.05) is 28.9 Å². The van der Waals surface area contributed by atoms with Gasteiger partial charge in [-0.05, 0) is 38.5 Å². The molecule has 0 aliphatic rings. The van der Waals surface area contributed by atoms with Crippen LogP contribution in [0, 0.1) is 13.8 Å². The fraction of sp³-hybridized carbons (Fsp3) is 0.217. The molecule has 2 heterocycles. The van der Waals surface area contributed by atoms with Crippen molar-refractivity contribution in [2.45, 2.75) is 26.9 Å². The van der Waals surface area contributed by atoms with E-state index in [0.717, 1.165) is 16.5 Å². The van der Waals surface area contributed by atoms with Crippen LogP contribution in [0.15, 0.2) is 42.6 Å². The van der Waals surface area contributed by atoms with E-state index in [4.69, 9.17) is 9.47 Å². The van der Waals surface area contributed by atoms with Crippen molar-refractivity contribution in [2.75, 3.05) is 7.11 Å². The van der Waals surface area contributed by atoms with Gasteiger partial charge in [-0.1, -0.05) is 24.3 Å². The van der Waals surface area contributed by atoms with Gasteiger partial charge < -0.3 is 14.5 Å². The van der Waals surface area contributed by atoms with Crippen molar-refractivity contribution >= 4 is 34.7 Å². The average molecular weight is 406 g/mol. The smallest absolute Gasteiger partial charge is 0.339 e. The van der Waals surface area contributed by atoms with Gasteiger partial charge in [0.15, 0.2) is 6.10 Å². The number of para-hydroxylation sites is 1. The number of ether oxygens (including phenoxy) is 2. The first kappa shape index (κ1) is 21.0. The van der Waals surface area contributed by atoms with Crippen LogP contribution in [0.25, 0.3) is 17.0 Å². The first-order chi connectivity index (χ1) is 14.3. The van der Waals surface area contributed by atoms with Gasteiger partial charge in [0.1, 0.15) is 0 Å². The Morgan fingerprint density at radius 2 is 1.87 bits per heavy atom. The summed E-state index contributed by atoms with van der Waals surface area (Å²) in [5.41, 5.74) is 3.04. The molecule has 3 aromatic rings. The number of H-pyrrole nitrogens is 1. The number of aromatic nitrogens is 2. The van der Waals surface area contributed by atoms with E-state index >= 15 is 0 Å². The quantitative estimate of drug-likeness (QED) is 0.380. The van der Waals surface area contributed by atoms with Crippen molar-refractivity contribution in [1.29, 1.82) is 0 Å². The molecule has 1 unspecified atom stereocenters. The normalized spacial score (nSPS) is 12.1. The number of carbonyl (C=O) groups excluding carboxylic acids is 3. The van der Waals surface area contributed by atoms with Crippen molar-refractivity contribution in [3.63, 3.8) is 0 Å². The standard InChI is InChI=1S/C23H22N2O5/c1-13-19(23(28)29-4)14(2)25-20(13)22(27)15(3)30-18(26)11-10-17-8-5-7-16-9-6-12-24-21(16)17/h5-12,15,25H,1-4H3/b11-10+. The summed E-state index contributed by atoms with van der Waals surface area (Å²) in [6, 6.07) is 9.42. The third-order valence-electron chi connectivity index (χ3n) is 4.80. The number of benzene rings is 1. The molecule has 0 saturated carbocycles. The van der Waals surface area contributed by atoms with E-state index in [1.165, 1.54) is 20.1 Å². The van der Waals surface area contributed by atoms with E-state index in [2.05, 4.69) is 9.97 Å². The maximum atomic E-state index is 12.7. The summed E-state index contributed by atoms with van der Waals surface area (Å²) in [5, 5.41) is 0.954. The molecule has 0 bridgehead atoms. The van der Waals surface area contributed by atoms with Gasteiger partial charge in [0.05, 0.1) is 23.9 Å². The summed E-state index contributed by atoms with van der Waals surface area (Å²) in [5.74, 6) is -1.62. The number of ketones is 1. The number of esters is 2. The maximum Gasteiger partial charge on any atom is 0.339 e. The molecule has 1 aromatic carbocycles. The highest BCUT2D eigenvalue weighted by Crippen LogP contribution is 2.21. The minimum absolute atomic E-state index is 0.218. The fourth-order valence-electron chi connectivity index (χ4n) is 3.30. The van der Waals surface area contributed by atoms with Crippen LogP contribution < -0.4 is 0 Å². The second kappa shape index (κ2) is 8.73. The highest BCUT2D eigenvalue weighted by molar-refractivity contribution is 6.04. The zero-order valence-electron chi connectivity index (χ0n) is 17.2. The number of carbonyl (C=O) groups is 3. The zero-order valence-corrected chi connectivity index (χ0v) is 17.2. The third-order valence-corrected chi connectivity index (χ3v) is 4.80. The molecular weight excluding hydrogens is 384 g/mol. The van der Waals surface area contributed by atoms with Gasteiger partial charge >= 0.3 is 11.9 Å². The number of pyridine rings is 1. The van der Waals surface area contributed by atoms with Gasteiger partial charge in [-0.3, -0.25) is 9.78 Å². The first-order valence-corrected chi connectivity index (χ1v) is 9.37. The molecular formula is C23H22N2O5. The molecule has 3 rings (SSSR count). The second-order valence-electron chi connectivity index (χ2n) is 6.82. The number of hydrogen-bond acceptors (Lipinski definition) is 6. The van der Waals surface area contributed by atoms with E-state index < -0.39 is 23.8 Å². The number of aryl methyl sites for hydroxylation is 1. The van der Waals surface area contributed by atoms with Crippen molar-refractivity contribution in [1.82, 2.24) is 9.97 Å². The lowest BCUT2D eigenvalue weighted by Crippen LogP contribution is -2.24. The first-order valence-electron chi connectivity index (χ1n) is 9.37. The molecule has 2 aromatic heterocycles. The summed E-state index contributed by atoms with van der Waals surface area (Å²) in [4.78, 5) is 44.1. The number of hydrogen-bond donors (Lipinski definition) is 1. The molecule has 0 saturated heterocycles. The molecule has 7 heteroatoms. The average Bonchev–Trinajstić information content (AvgIpc) is 3.04. The van der Waals surface area contributed by atoms with E-state index in [1.54, 1.807) is 26.1 Å². The number of fused-ring (bicyclic) bond motifs is 1. The summed E-state index contributed by atoms with van der Waals surface area (Å²) >= 11 is 0. The minimum atomic E-state index is -1.03. The molecule has 0 aliphatic heterocycles. The largest absolute Gasteiger partial charge is 0.465 e. The van der Waals surface area contributed by atoms with Gasteiger partial charge in [-0.15, -0.1) is 0 Å². The van der Waals surface area contributed by atoms with Gasteiger partial charge in [0.2, 0.25) is 5.78 Å². The summed E-state index contributed by atoms with van der Waals surface area (Å²) in [6.07, 6.45) is 3.52. The molecule has 30 heavy (non-hydrogen) atoms. The Labute approximate surface area is 173 Å². The van der Waals surface area contributed by atoms with Crippen LogP contribution in [-0.4, -0.2) is 40.9 Å². The number of methoxy groups -OCH3 is 1. The van der Waals surface area contributed by atoms with Crippen LogP contribution in [0.1, 0.15) is 44.6 Å². The Kier molecular flexibility index (Phi) is 6.11. The SMILES string of the molecule is COC(=O)c1c(C)[nH]c(C(=O)C(C)OC(=O)/C=C/c2cccc3cccnc23)c1C. The molecule has 1 N–H and O–H groups in total. The van der Waals surface area contributed by atoms with E-state index in [-0.39, 0.29) is 5.69 Å². The van der Waals surface area contributed by atoms with Crippen molar-refractivity contribution in [2.24, 2.45) is 0 Å². The molecule has 0 aliphatic carbocycles. The maximum absolute atomic E-state index is 12.7. The lowest BCUT2D eigenvalue weighted by atomic mass is 10.1. The summed E-state index contributed by atoms with van der Waals surface area (Å²) in [7, 11) is 1.28.